The molecule has 0 heterocycles. The van der Waals surface area contributed by atoms with Crippen molar-refractivity contribution in [2.45, 2.75) is 51.9 Å². The van der Waals surface area contributed by atoms with Gasteiger partial charge in [0.25, 0.3) is 0 Å². The number of nitrogens with one attached hydrogen (secondary N) is 1. The summed E-state index contributed by atoms with van der Waals surface area (Å²) in [6.07, 6.45) is -4.27. The van der Waals surface area contributed by atoms with Gasteiger partial charge in [0.2, 0.25) is 0 Å². The van der Waals surface area contributed by atoms with Crippen molar-refractivity contribution in [1.82, 2.24) is 5.32 Å². The third-order valence-electron chi connectivity index (χ3n) is 3.09. The SMILES string of the molecule is CC(C)NC(C)C(C)c1cccc(C(F)(F)F)c1. The Balaban J connectivity index is 2.89. The summed E-state index contributed by atoms with van der Waals surface area (Å²) in [4.78, 5) is 0. The molecular formula is C14H20F3N. The topological polar surface area (TPSA) is 12.0 Å². The largest absolute Gasteiger partial charge is 0.416 e. The highest BCUT2D eigenvalue weighted by atomic mass is 19.4. The smallest absolute Gasteiger partial charge is 0.311 e. The zero-order chi connectivity index (χ0) is 13.9. The molecule has 1 aromatic rings. The molecule has 0 spiro atoms. The molecule has 0 aromatic heterocycles. The van der Waals surface area contributed by atoms with E-state index in [1.165, 1.54) is 12.1 Å². The molecule has 0 saturated heterocycles. The zero-order valence-electron chi connectivity index (χ0n) is 11.2. The molecule has 0 radical (unpaired) electrons. The van der Waals surface area contributed by atoms with Crippen LogP contribution in [0.5, 0.6) is 0 Å². The van der Waals surface area contributed by atoms with E-state index in [-0.39, 0.29) is 12.0 Å². The first-order valence-corrected chi connectivity index (χ1v) is 6.15. The number of hydrogen-bond donors (Lipinski definition) is 1. The lowest BCUT2D eigenvalue weighted by Crippen LogP contribution is -2.36. The third-order valence-corrected chi connectivity index (χ3v) is 3.09. The number of alkyl halides is 3. The number of benzene rings is 1. The van der Waals surface area contributed by atoms with Gasteiger partial charge in [0.15, 0.2) is 0 Å². The summed E-state index contributed by atoms with van der Waals surface area (Å²) in [6, 6.07) is 6.01. The minimum absolute atomic E-state index is 0.0368. The quantitative estimate of drug-likeness (QED) is 0.854. The lowest BCUT2D eigenvalue weighted by molar-refractivity contribution is -0.137. The van der Waals surface area contributed by atoms with Crippen molar-refractivity contribution < 1.29 is 13.2 Å². The summed E-state index contributed by atoms with van der Waals surface area (Å²) in [7, 11) is 0. The van der Waals surface area contributed by atoms with E-state index in [4.69, 9.17) is 0 Å². The van der Waals surface area contributed by atoms with E-state index in [1.807, 2.05) is 27.7 Å². The van der Waals surface area contributed by atoms with Gasteiger partial charge in [-0.2, -0.15) is 13.2 Å². The maximum absolute atomic E-state index is 12.6. The minimum atomic E-state index is -4.27. The Morgan fingerprint density at radius 3 is 2.17 bits per heavy atom. The molecule has 0 aliphatic heterocycles. The van der Waals surface area contributed by atoms with Crippen LogP contribution < -0.4 is 5.32 Å². The number of halogens is 3. The molecule has 1 N–H and O–H groups in total. The average molecular weight is 259 g/mol. The first-order valence-electron chi connectivity index (χ1n) is 6.15. The van der Waals surface area contributed by atoms with Crippen LogP contribution in [0.1, 0.15) is 44.7 Å². The summed E-state index contributed by atoms with van der Waals surface area (Å²) in [6.45, 7) is 7.98. The highest BCUT2D eigenvalue weighted by Crippen LogP contribution is 2.31. The van der Waals surface area contributed by atoms with Crippen LogP contribution in [0.4, 0.5) is 13.2 Å². The standard InChI is InChI=1S/C14H20F3N/c1-9(2)18-11(4)10(3)12-6-5-7-13(8-12)14(15,16)17/h5-11,18H,1-4H3. The van der Waals surface area contributed by atoms with Crippen LogP contribution in [-0.2, 0) is 6.18 Å². The van der Waals surface area contributed by atoms with E-state index < -0.39 is 11.7 Å². The van der Waals surface area contributed by atoms with Gasteiger partial charge >= 0.3 is 6.18 Å². The Labute approximate surface area is 106 Å². The van der Waals surface area contributed by atoms with Crippen molar-refractivity contribution >= 4 is 0 Å². The number of hydrogen-bond acceptors (Lipinski definition) is 1. The van der Waals surface area contributed by atoms with Crippen molar-refractivity contribution in [3.05, 3.63) is 35.4 Å². The maximum atomic E-state index is 12.6. The molecule has 1 aromatic carbocycles. The van der Waals surface area contributed by atoms with E-state index in [0.29, 0.717) is 11.6 Å². The second-order valence-electron chi connectivity index (χ2n) is 5.02. The van der Waals surface area contributed by atoms with Crippen molar-refractivity contribution in [2.24, 2.45) is 0 Å². The summed E-state index contributed by atoms with van der Waals surface area (Å²) < 4.78 is 37.9. The number of rotatable bonds is 4. The fraction of sp³-hybridized carbons (Fsp3) is 0.571. The molecule has 0 fully saturated rings. The fourth-order valence-electron chi connectivity index (χ4n) is 1.96. The Morgan fingerprint density at radius 2 is 1.67 bits per heavy atom. The van der Waals surface area contributed by atoms with Crippen molar-refractivity contribution in [2.75, 3.05) is 0 Å². The highest BCUT2D eigenvalue weighted by Gasteiger charge is 2.31. The van der Waals surface area contributed by atoms with E-state index >= 15 is 0 Å². The van der Waals surface area contributed by atoms with Crippen LogP contribution in [0.15, 0.2) is 24.3 Å². The minimum Gasteiger partial charge on any atom is -0.311 e. The third kappa shape index (κ3) is 4.02. The molecule has 2 atom stereocenters. The van der Waals surface area contributed by atoms with Gasteiger partial charge in [0, 0.05) is 12.1 Å². The monoisotopic (exact) mass is 259 g/mol. The van der Waals surface area contributed by atoms with Gasteiger partial charge < -0.3 is 5.32 Å². The van der Waals surface area contributed by atoms with Gasteiger partial charge in [0.05, 0.1) is 5.56 Å². The normalized spacial score (nSPS) is 15.8. The van der Waals surface area contributed by atoms with E-state index in [0.717, 1.165) is 6.07 Å². The molecule has 1 rings (SSSR count). The van der Waals surface area contributed by atoms with Gasteiger partial charge in [-0.05, 0) is 24.5 Å². The molecule has 0 saturated carbocycles. The average Bonchev–Trinajstić information content (AvgIpc) is 2.26. The molecule has 18 heavy (non-hydrogen) atoms. The van der Waals surface area contributed by atoms with Crippen molar-refractivity contribution in [3.63, 3.8) is 0 Å². The van der Waals surface area contributed by atoms with E-state index in [9.17, 15) is 13.2 Å². The predicted octanol–water partition coefficient (Wildman–Crippen LogP) is 4.20. The summed E-state index contributed by atoms with van der Waals surface area (Å²) in [5, 5.41) is 3.32. The van der Waals surface area contributed by atoms with Crippen LogP contribution in [0.2, 0.25) is 0 Å². The maximum Gasteiger partial charge on any atom is 0.416 e. The van der Waals surface area contributed by atoms with E-state index in [1.54, 1.807) is 6.07 Å². The first kappa shape index (κ1) is 15.0. The van der Waals surface area contributed by atoms with Crippen LogP contribution >= 0.6 is 0 Å². The van der Waals surface area contributed by atoms with Crippen LogP contribution in [-0.4, -0.2) is 12.1 Å². The Morgan fingerprint density at radius 1 is 1.06 bits per heavy atom. The predicted molar refractivity (Wildman–Crippen MR) is 67.6 cm³/mol. The summed E-state index contributed by atoms with van der Waals surface area (Å²) >= 11 is 0. The molecule has 2 unspecified atom stereocenters. The molecule has 0 aliphatic rings. The summed E-state index contributed by atoms with van der Waals surface area (Å²) in [5.41, 5.74) is 0.133. The van der Waals surface area contributed by atoms with Gasteiger partial charge in [-0.3, -0.25) is 0 Å². The van der Waals surface area contributed by atoms with Crippen LogP contribution in [0.25, 0.3) is 0 Å². The van der Waals surface area contributed by atoms with Gasteiger partial charge in [-0.1, -0.05) is 39.0 Å². The van der Waals surface area contributed by atoms with Crippen LogP contribution in [0.3, 0.4) is 0 Å². The van der Waals surface area contributed by atoms with Crippen LogP contribution in [0, 0.1) is 0 Å². The Kier molecular flexibility index (Phi) is 4.79. The van der Waals surface area contributed by atoms with Gasteiger partial charge in [-0.25, -0.2) is 0 Å². The van der Waals surface area contributed by atoms with Crippen molar-refractivity contribution in [1.29, 1.82) is 0 Å². The lowest BCUT2D eigenvalue weighted by Gasteiger charge is -2.24. The molecule has 1 nitrogen and oxygen atoms in total. The van der Waals surface area contributed by atoms with Crippen molar-refractivity contribution in [3.8, 4) is 0 Å². The lowest BCUT2D eigenvalue weighted by atomic mass is 9.92. The molecule has 0 bridgehead atoms. The summed E-state index contributed by atoms with van der Waals surface area (Å²) in [5.74, 6) is 0.0368. The first-order chi connectivity index (χ1) is 8.21. The second kappa shape index (κ2) is 5.74. The highest BCUT2D eigenvalue weighted by molar-refractivity contribution is 5.28. The second-order valence-corrected chi connectivity index (χ2v) is 5.02. The zero-order valence-corrected chi connectivity index (χ0v) is 11.2. The van der Waals surface area contributed by atoms with Gasteiger partial charge in [-0.15, -0.1) is 0 Å². The van der Waals surface area contributed by atoms with E-state index in [2.05, 4.69) is 5.32 Å². The fourth-order valence-corrected chi connectivity index (χ4v) is 1.96. The molecule has 102 valence electrons. The molecule has 0 amide bonds. The Bertz CT molecular complexity index is 385. The molecular weight excluding hydrogens is 239 g/mol. The Hall–Kier alpha value is -1.03. The molecule has 4 heteroatoms. The molecule has 0 aliphatic carbocycles. The van der Waals surface area contributed by atoms with Gasteiger partial charge in [0.1, 0.15) is 0 Å².